The van der Waals surface area contributed by atoms with E-state index in [0.717, 1.165) is 19.4 Å². The maximum atomic E-state index is 10.4. The average Bonchev–Trinajstić information content (AvgIpc) is 2.58. The topological polar surface area (TPSA) is 38.1 Å². The van der Waals surface area contributed by atoms with Crippen molar-refractivity contribution in [3.05, 3.63) is 29.6 Å². The quantitative estimate of drug-likeness (QED) is 0.779. The minimum Gasteiger partial charge on any atom is -0.384 e. The van der Waals surface area contributed by atoms with Crippen LogP contribution < -0.4 is 0 Å². The van der Waals surface area contributed by atoms with Gasteiger partial charge in [-0.15, -0.1) is 6.58 Å². The van der Waals surface area contributed by atoms with Crippen molar-refractivity contribution in [1.29, 1.82) is 0 Å². The molecule has 1 aromatic heterocycles. The molecule has 4 heteroatoms. The van der Waals surface area contributed by atoms with Crippen molar-refractivity contribution in [2.75, 3.05) is 0 Å². The largest absolute Gasteiger partial charge is 0.384 e. The molecule has 0 aliphatic carbocycles. The van der Waals surface area contributed by atoms with Crippen molar-refractivity contribution >= 4 is 11.6 Å². The molecule has 0 aliphatic heterocycles. The van der Waals surface area contributed by atoms with Crippen LogP contribution in [0.3, 0.4) is 0 Å². The fourth-order valence-electron chi connectivity index (χ4n) is 1.78. The normalized spacial score (nSPS) is 14.8. The number of allylic oxidation sites excluding steroid dienone is 1. The molecule has 1 unspecified atom stereocenters. The van der Waals surface area contributed by atoms with E-state index in [2.05, 4.69) is 18.6 Å². The van der Waals surface area contributed by atoms with Gasteiger partial charge in [-0.25, -0.2) is 0 Å². The van der Waals surface area contributed by atoms with Crippen LogP contribution in [0.4, 0.5) is 0 Å². The molecule has 1 rings (SSSR count). The van der Waals surface area contributed by atoms with Crippen LogP contribution in [0.15, 0.2) is 18.9 Å². The molecule has 0 aromatic carbocycles. The minimum atomic E-state index is -0.947. The zero-order valence-electron chi connectivity index (χ0n) is 9.91. The number of hydrogen-bond acceptors (Lipinski definition) is 2. The predicted molar refractivity (Wildman–Crippen MR) is 66.5 cm³/mol. The number of hydrogen-bond donors (Lipinski definition) is 1. The van der Waals surface area contributed by atoms with Gasteiger partial charge in [0.15, 0.2) is 0 Å². The summed E-state index contributed by atoms with van der Waals surface area (Å²) in [6, 6.07) is 0. The van der Waals surface area contributed by atoms with Crippen molar-refractivity contribution in [3.8, 4) is 0 Å². The van der Waals surface area contributed by atoms with Gasteiger partial charge in [0.1, 0.15) is 5.60 Å². The van der Waals surface area contributed by atoms with Gasteiger partial charge in [-0.05, 0) is 26.2 Å². The molecule has 3 nitrogen and oxygen atoms in total. The third kappa shape index (κ3) is 2.86. The second-order valence-corrected chi connectivity index (χ2v) is 4.57. The van der Waals surface area contributed by atoms with Crippen molar-refractivity contribution in [1.82, 2.24) is 9.78 Å². The van der Waals surface area contributed by atoms with Crippen LogP contribution in [0.2, 0.25) is 5.02 Å². The molecule has 0 saturated carbocycles. The summed E-state index contributed by atoms with van der Waals surface area (Å²) in [5.41, 5.74) is -0.241. The van der Waals surface area contributed by atoms with Gasteiger partial charge < -0.3 is 5.11 Å². The molecule has 16 heavy (non-hydrogen) atoms. The molecule has 0 amide bonds. The zero-order chi connectivity index (χ0) is 12.2. The summed E-state index contributed by atoms with van der Waals surface area (Å²) < 4.78 is 1.78. The Morgan fingerprint density at radius 1 is 1.69 bits per heavy atom. The number of rotatable bonds is 6. The van der Waals surface area contributed by atoms with Gasteiger partial charge in [0, 0.05) is 6.54 Å². The van der Waals surface area contributed by atoms with Gasteiger partial charge in [-0.2, -0.15) is 5.10 Å². The maximum absolute atomic E-state index is 10.4. The van der Waals surface area contributed by atoms with Crippen molar-refractivity contribution in [2.24, 2.45) is 0 Å². The Kier molecular flexibility index (Phi) is 4.56. The Balaban J connectivity index is 2.99. The van der Waals surface area contributed by atoms with E-state index >= 15 is 0 Å². The summed E-state index contributed by atoms with van der Waals surface area (Å²) >= 11 is 6.07. The van der Waals surface area contributed by atoms with Crippen LogP contribution in [0.1, 0.15) is 38.8 Å². The summed E-state index contributed by atoms with van der Waals surface area (Å²) in [4.78, 5) is 0. The fourth-order valence-corrected chi connectivity index (χ4v) is 2.13. The van der Waals surface area contributed by atoms with Gasteiger partial charge in [0.05, 0.1) is 16.9 Å². The van der Waals surface area contributed by atoms with E-state index in [9.17, 15) is 5.11 Å². The molecular weight excluding hydrogens is 224 g/mol. The van der Waals surface area contributed by atoms with Gasteiger partial charge in [0.2, 0.25) is 0 Å². The monoisotopic (exact) mass is 242 g/mol. The third-order valence-corrected chi connectivity index (χ3v) is 2.85. The molecule has 1 N–H and O–H groups in total. The maximum Gasteiger partial charge on any atom is 0.105 e. The number of aliphatic hydroxyl groups is 1. The highest BCUT2D eigenvalue weighted by Crippen LogP contribution is 2.31. The molecule has 0 radical (unpaired) electrons. The van der Waals surface area contributed by atoms with E-state index in [0.29, 0.717) is 17.1 Å². The smallest absolute Gasteiger partial charge is 0.105 e. The van der Waals surface area contributed by atoms with Crippen molar-refractivity contribution < 1.29 is 5.11 Å². The summed E-state index contributed by atoms with van der Waals surface area (Å²) in [7, 11) is 0. The molecule has 0 saturated heterocycles. The van der Waals surface area contributed by atoms with Crippen LogP contribution in [0, 0.1) is 0 Å². The third-order valence-electron chi connectivity index (χ3n) is 2.58. The Bertz CT molecular complexity index is 358. The van der Waals surface area contributed by atoms with E-state index in [1.165, 1.54) is 0 Å². The Hall–Kier alpha value is -0.800. The standard InChI is InChI=1S/C12H19ClN2O/c1-4-6-7-12(3,16)11-10(13)9-14-15(11)8-5-2/h4,9,16H,1,5-8H2,2-3H3. The van der Waals surface area contributed by atoms with Crippen LogP contribution in [0.5, 0.6) is 0 Å². The number of halogens is 1. The lowest BCUT2D eigenvalue weighted by Gasteiger charge is -2.24. The summed E-state index contributed by atoms with van der Waals surface area (Å²) in [5.74, 6) is 0. The predicted octanol–water partition coefficient (Wildman–Crippen LogP) is 3.12. The van der Waals surface area contributed by atoms with Crippen LogP contribution >= 0.6 is 11.6 Å². The first-order chi connectivity index (χ1) is 7.53. The highest BCUT2D eigenvalue weighted by molar-refractivity contribution is 6.31. The van der Waals surface area contributed by atoms with Gasteiger partial charge in [-0.3, -0.25) is 4.68 Å². The summed E-state index contributed by atoms with van der Waals surface area (Å²) in [6.07, 6.45) is 5.70. The van der Waals surface area contributed by atoms with Gasteiger partial charge in [0.25, 0.3) is 0 Å². The Morgan fingerprint density at radius 3 is 2.94 bits per heavy atom. The zero-order valence-corrected chi connectivity index (χ0v) is 10.7. The molecular formula is C12H19ClN2O. The lowest BCUT2D eigenvalue weighted by molar-refractivity contribution is 0.0393. The Morgan fingerprint density at radius 2 is 2.38 bits per heavy atom. The van der Waals surface area contributed by atoms with E-state index < -0.39 is 5.60 Å². The highest BCUT2D eigenvalue weighted by Gasteiger charge is 2.29. The van der Waals surface area contributed by atoms with Crippen molar-refractivity contribution in [2.45, 2.75) is 45.3 Å². The second-order valence-electron chi connectivity index (χ2n) is 4.17. The molecule has 0 spiro atoms. The second kappa shape index (κ2) is 5.51. The first kappa shape index (κ1) is 13.3. The van der Waals surface area contributed by atoms with Gasteiger partial charge >= 0.3 is 0 Å². The first-order valence-corrected chi connectivity index (χ1v) is 5.95. The summed E-state index contributed by atoms with van der Waals surface area (Å²) in [5, 5.41) is 15.1. The average molecular weight is 243 g/mol. The molecule has 0 fully saturated rings. The van der Waals surface area contributed by atoms with Crippen LogP contribution in [-0.2, 0) is 12.1 Å². The van der Waals surface area contributed by atoms with Crippen LogP contribution in [-0.4, -0.2) is 14.9 Å². The van der Waals surface area contributed by atoms with Crippen LogP contribution in [0.25, 0.3) is 0 Å². The minimum absolute atomic E-state index is 0.530. The fraction of sp³-hybridized carbons (Fsp3) is 0.583. The number of nitrogens with zero attached hydrogens (tertiary/aromatic N) is 2. The summed E-state index contributed by atoms with van der Waals surface area (Å²) in [6.45, 7) is 8.27. The molecule has 0 bridgehead atoms. The Labute approximate surface area is 102 Å². The number of aryl methyl sites for hydroxylation is 1. The molecule has 1 atom stereocenters. The van der Waals surface area contributed by atoms with Gasteiger partial charge in [-0.1, -0.05) is 24.6 Å². The molecule has 1 aromatic rings. The van der Waals surface area contributed by atoms with E-state index in [4.69, 9.17) is 11.6 Å². The first-order valence-electron chi connectivity index (χ1n) is 5.58. The SMILES string of the molecule is C=CCCC(C)(O)c1c(Cl)cnn1CCC. The lowest BCUT2D eigenvalue weighted by atomic mass is 9.96. The van der Waals surface area contributed by atoms with E-state index in [-0.39, 0.29) is 0 Å². The highest BCUT2D eigenvalue weighted by atomic mass is 35.5. The molecule has 1 heterocycles. The lowest BCUT2D eigenvalue weighted by Crippen LogP contribution is -2.26. The molecule has 90 valence electrons. The molecule has 0 aliphatic rings. The van der Waals surface area contributed by atoms with Crippen molar-refractivity contribution in [3.63, 3.8) is 0 Å². The number of aromatic nitrogens is 2. The van der Waals surface area contributed by atoms with E-state index in [1.54, 1.807) is 23.9 Å². The van der Waals surface area contributed by atoms with E-state index in [1.807, 2.05) is 0 Å².